The summed E-state index contributed by atoms with van der Waals surface area (Å²) in [6.07, 6.45) is 0.613. The predicted molar refractivity (Wildman–Crippen MR) is 129 cm³/mol. The van der Waals surface area contributed by atoms with E-state index in [9.17, 15) is 13.2 Å². The Bertz CT molecular complexity index is 1310. The number of sulfonamides is 1. The van der Waals surface area contributed by atoms with Crippen LogP contribution in [-0.4, -0.2) is 19.3 Å². The Morgan fingerprint density at radius 3 is 2.21 bits per heavy atom. The molecule has 0 aliphatic rings. The third-order valence-corrected chi connectivity index (χ3v) is 6.84. The summed E-state index contributed by atoms with van der Waals surface area (Å²) in [6.45, 7) is 0. The van der Waals surface area contributed by atoms with Gasteiger partial charge in [-0.3, -0.25) is 9.52 Å². The molecule has 4 aromatic rings. The van der Waals surface area contributed by atoms with Crippen molar-refractivity contribution in [2.24, 2.45) is 0 Å². The summed E-state index contributed by atoms with van der Waals surface area (Å²) in [5.41, 5.74) is 1.31. The average molecular weight is 480 g/mol. The van der Waals surface area contributed by atoms with Gasteiger partial charge >= 0.3 is 0 Å². The molecule has 0 saturated carbocycles. The van der Waals surface area contributed by atoms with E-state index in [0.29, 0.717) is 23.6 Å². The Balaban J connectivity index is 1.27. The second-order valence-corrected chi connectivity index (χ2v) is 9.59. The minimum absolute atomic E-state index is 0.161. The van der Waals surface area contributed by atoms with Crippen LogP contribution in [0.2, 0.25) is 0 Å². The van der Waals surface area contributed by atoms with Crippen LogP contribution in [0.5, 0.6) is 11.5 Å². The summed E-state index contributed by atoms with van der Waals surface area (Å²) >= 11 is 1.18. The third kappa shape index (κ3) is 6.41. The molecule has 2 N–H and O–H groups in total. The zero-order valence-corrected chi connectivity index (χ0v) is 19.1. The van der Waals surface area contributed by atoms with Gasteiger partial charge in [0.05, 0.1) is 10.6 Å². The number of anilines is 2. The summed E-state index contributed by atoms with van der Waals surface area (Å²) in [6, 6.07) is 24.7. The fourth-order valence-corrected chi connectivity index (χ4v) is 4.96. The minimum atomic E-state index is -3.69. The first-order valence-electron chi connectivity index (χ1n) is 10.1. The van der Waals surface area contributed by atoms with Crippen LogP contribution in [0.1, 0.15) is 12.1 Å². The second-order valence-electron chi connectivity index (χ2n) is 7.05. The lowest BCUT2D eigenvalue weighted by atomic mass is 10.2. The van der Waals surface area contributed by atoms with Gasteiger partial charge in [0, 0.05) is 17.5 Å². The van der Waals surface area contributed by atoms with Crippen molar-refractivity contribution in [1.29, 1.82) is 0 Å². The number of thiazole rings is 1. The number of carbonyl (C=O) groups excluding carboxylic acids is 1. The molecule has 0 atom stereocenters. The van der Waals surface area contributed by atoms with E-state index in [2.05, 4.69) is 15.0 Å². The first kappa shape index (κ1) is 22.5. The van der Waals surface area contributed by atoms with Gasteiger partial charge in [-0.1, -0.05) is 36.4 Å². The van der Waals surface area contributed by atoms with Crippen molar-refractivity contribution in [2.75, 3.05) is 10.0 Å². The van der Waals surface area contributed by atoms with E-state index in [0.717, 1.165) is 5.75 Å². The van der Waals surface area contributed by atoms with Crippen molar-refractivity contribution in [3.05, 3.63) is 96.0 Å². The highest BCUT2D eigenvalue weighted by molar-refractivity contribution is 7.93. The fraction of sp³-hybridized carbons (Fsp3) is 0.0833. The van der Waals surface area contributed by atoms with E-state index in [4.69, 9.17) is 4.74 Å². The van der Waals surface area contributed by atoms with Gasteiger partial charge in [0.1, 0.15) is 11.5 Å². The molecule has 0 bridgehead atoms. The monoisotopic (exact) mass is 479 g/mol. The van der Waals surface area contributed by atoms with Gasteiger partial charge in [0.2, 0.25) is 5.91 Å². The van der Waals surface area contributed by atoms with Gasteiger partial charge in [-0.25, -0.2) is 13.4 Å². The number of nitrogens with zero attached hydrogens (tertiary/aromatic N) is 1. The van der Waals surface area contributed by atoms with E-state index < -0.39 is 10.0 Å². The highest BCUT2D eigenvalue weighted by Crippen LogP contribution is 2.23. The number of aromatic nitrogens is 1. The number of para-hydroxylation sites is 1. The van der Waals surface area contributed by atoms with Crippen molar-refractivity contribution < 1.29 is 17.9 Å². The minimum Gasteiger partial charge on any atom is -0.457 e. The molecule has 0 radical (unpaired) electrons. The fourth-order valence-electron chi connectivity index (χ4n) is 2.94. The van der Waals surface area contributed by atoms with Crippen LogP contribution >= 0.6 is 11.3 Å². The van der Waals surface area contributed by atoms with Crippen molar-refractivity contribution in [3.63, 3.8) is 0 Å². The molecule has 1 heterocycles. The lowest BCUT2D eigenvalue weighted by Crippen LogP contribution is -2.13. The largest absolute Gasteiger partial charge is 0.457 e. The predicted octanol–water partition coefficient (Wildman–Crippen LogP) is 5.31. The number of hydrogen-bond acceptors (Lipinski definition) is 6. The lowest BCUT2D eigenvalue weighted by molar-refractivity contribution is -0.116. The molecule has 0 aliphatic heterocycles. The molecular weight excluding hydrogens is 458 g/mol. The maximum absolute atomic E-state index is 12.4. The Hall–Kier alpha value is -3.69. The topological polar surface area (TPSA) is 97.4 Å². The molecule has 3 aromatic carbocycles. The Kier molecular flexibility index (Phi) is 7.01. The number of carbonyl (C=O) groups is 1. The summed E-state index contributed by atoms with van der Waals surface area (Å²) in [4.78, 5) is 16.8. The zero-order valence-electron chi connectivity index (χ0n) is 17.5. The molecule has 0 spiro atoms. The summed E-state index contributed by atoms with van der Waals surface area (Å²) in [7, 11) is -3.69. The molecule has 0 fully saturated rings. The van der Waals surface area contributed by atoms with Crippen LogP contribution in [0.4, 0.5) is 10.8 Å². The number of aryl methyl sites for hydroxylation is 1. The second kappa shape index (κ2) is 10.3. The number of rotatable bonds is 9. The summed E-state index contributed by atoms with van der Waals surface area (Å²) in [5, 5.41) is 4.85. The standard InChI is InChI=1S/C24H21N3O4S2/c28-23(25-18-11-14-21(15-12-18)31-20-7-3-1-4-8-20)16-13-19-17-32-24(26-19)27-33(29,30)22-9-5-2-6-10-22/h1-12,14-15,17H,13,16H2,(H,25,28)(H,26,27). The van der Waals surface area contributed by atoms with Gasteiger partial charge < -0.3 is 10.1 Å². The third-order valence-electron chi connectivity index (χ3n) is 4.55. The molecule has 0 saturated heterocycles. The molecule has 168 valence electrons. The van der Waals surface area contributed by atoms with Gasteiger partial charge in [-0.05, 0) is 55.0 Å². The van der Waals surface area contributed by atoms with Gasteiger partial charge in [0.15, 0.2) is 5.13 Å². The highest BCUT2D eigenvalue weighted by Gasteiger charge is 2.16. The lowest BCUT2D eigenvalue weighted by Gasteiger charge is -2.08. The number of ether oxygens (including phenoxy) is 1. The zero-order chi connectivity index (χ0) is 23.1. The van der Waals surface area contributed by atoms with Gasteiger partial charge in [0.25, 0.3) is 10.0 Å². The Morgan fingerprint density at radius 2 is 1.52 bits per heavy atom. The molecular formula is C24H21N3O4S2. The van der Waals surface area contributed by atoms with E-state index in [-0.39, 0.29) is 22.4 Å². The van der Waals surface area contributed by atoms with Crippen molar-refractivity contribution in [3.8, 4) is 11.5 Å². The average Bonchev–Trinajstić information content (AvgIpc) is 3.27. The van der Waals surface area contributed by atoms with E-state index >= 15 is 0 Å². The van der Waals surface area contributed by atoms with E-state index in [1.165, 1.54) is 23.5 Å². The van der Waals surface area contributed by atoms with Gasteiger partial charge in [-0.2, -0.15) is 0 Å². The molecule has 1 aromatic heterocycles. The summed E-state index contributed by atoms with van der Waals surface area (Å²) < 4.78 is 33.0. The summed E-state index contributed by atoms with van der Waals surface area (Å²) in [5.74, 6) is 1.25. The van der Waals surface area contributed by atoms with Gasteiger partial charge in [-0.15, -0.1) is 11.3 Å². The van der Waals surface area contributed by atoms with Crippen molar-refractivity contribution >= 4 is 38.1 Å². The first-order valence-corrected chi connectivity index (χ1v) is 12.5. The smallest absolute Gasteiger partial charge is 0.263 e. The van der Waals surface area contributed by atoms with Crippen LogP contribution in [0.25, 0.3) is 0 Å². The van der Waals surface area contributed by atoms with Crippen LogP contribution in [-0.2, 0) is 21.2 Å². The first-order chi connectivity index (χ1) is 16.0. The molecule has 9 heteroatoms. The maximum Gasteiger partial charge on any atom is 0.263 e. The maximum atomic E-state index is 12.4. The van der Waals surface area contributed by atoms with E-state index in [1.54, 1.807) is 47.8 Å². The molecule has 0 aliphatic carbocycles. The number of amides is 1. The SMILES string of the molecule is O=C(CCc1csc(NS(=O)(=O)c2ccccc2)n1)Nc1ccc(Oc2ccccc2)cc1. The van der Waals surface area contributed by atoms with Crippen LogP contribution in [0.3, 0.4) is 0 Å². The molecule has 1 amide bonds. The molecule has 33 heavy (non-hydrogen) atoms. The van der Waals surface area contributed by atoms with Crippen LogP contribution in [0.15, 0.2) is 95.2 Å². The van der Waals surface area contributed by atoms with Crippen LogP contribution in [0, 0.1) is 0 Å². The van der Waals surface area contributed by atoms with Crippen molar-refractivity contribution in [1.82, 2.24) is 4.98 Å². The van der Waals surface area contributed by atoms with Crippen LogP contribution < -0.4 is 14.8 Å². The molecule has 4 rings (SSSR count). The van der Waals surface area contributed by atoms with Crippen molar-refractivity contribution in [2.45, 2.75) is 17.7 Å². The normalized spacial score (nSPS) is 11.0. The van der Waals surface area contributed by atoms with E-state index in [1.807, 2.05) is 30.3 Å². The number of benzene rings is 3. The highest BCUT2D eigenvalue weighted by atomic mass is 32.2. The molecule has 0 unspecified atom stereocenters. The number of hydrogen-bond donors (Lipinski definition) is 2. The Morgan fingerprint density at radius 1 is 0.879 bits per heavy atom. The number of nitrogens with one attached hydrogen (secondary N) is 2. The molecule has 7 nitrogen and oxygen atoms in total. The quantitative estimate of drug-likeness (QED) is 0.339. The Labute approximate surface area is 196 Å².